The van der Waals surface area contributed by atoms with Crippen LogP contribution < -0.4 is 11.1 Å². The average Bonchev–Trinajstić information content (AvgIpc) is 2.39. The van der Waals surface area contributed by atoms with Gasteiger partial charge in [0.1, 0.15) is 5.82 Å². The van der Waals surface area contributed by atoms with E-state index in [1.54, 1.807) is 0 Å². The molecule has 1 aliphatic heterocycles. The SMILES string of the molecule is CC1(Nc2ccc3cc(N)ccc3n2)CCOCC1. The predicted molar refractivity (Wildman–Crippen MR) is 78.2 cm³/mol. The fraction of sp³-hybridized carbons (Fsp3) is 0.400. The number of nitrogens with two attached hydrogens (primary N) is 1. The maximum Gasteiger partial charge on any atom is 0.127 e. The number of aromatic nitrogens is 1. The Balaban J connectivity index is 1.87. The molecule has 0 amide bonds. The van der Waals surface area contributed by atoms with E-state index >= 15 is 0 Å². The van der Waals surface area contributed by atoms with Crippen LogP contribution in [0.1, 0.15) is 19.8 Å². The van der Waals surface area contributed by atoms with Gasteiger partial charge in [-0.15, -0.1) is 0 Å². The summed E-state index contributed by atoms with van der Waals surface area (Å²) < 4.78 is 5.41. The summed E-state index contributed by atoms with van der Waals surface area (Å²) in [5, 5.41) is 4.61. The van der Waals surface area contributed by atoms with E-state index in [0.29, 0.717) is 0 Å². The minimum absolute atomic E-state index is 0.0761. The Morgan fingerprint density at radius 1 is 1.21 bits per heavy atom. The van der Waals surface area contributed by atoms with E-state index in [1.165, 1.54) is 0 Å². The van der Waals surface area contributed by atoms with Crippen LogP contribution in [0, 0.1) is 0 Å². The Hall–Kier alpha value is -1.81. The van der Waals surface area contributed by atoms with Gasteiger partial charge >= 0.3 is 0 Å². The Morgan fingerprint density at radius 3 is 2.79 bits per heavy atom. The highest BCUT2D eigenvalue weighted by Crippen LogP contribution is 2.26. The zero-order valence-electron chi connectivity index (χ0n) is 11.1. The monoisotopic (exact) mass is 257 g/mol. The normalized spacial score (nSPS) is 18.4. The van der Waals surface area contributed by atoms with Crippen molar-refractivity contribution in [2.24, 2.45) is 0 Å². The van der Waals surface area contributed by atoms with Crippen molar-refractivity contribution >= 4 is 22.4 Å². The number of nitrogens with one attached hydrogen (secondary N) is 1. The van der Waals surface area contributed by atoms with Crippen LogP contribution in [0.25, 0.3) is 10.9 Å². The van der Waals surface area contributed by atoms with Crippen molar-refractivity contribution in [1.29, 1.82) is 0 Å². The molecule has 1 aromatic heterocycles. The summed E-state index contributed by atoms with van der Waals surface area (Å²) in [5.41, 5.74) is 7.59. The van der Waals surface area contributed by atoms with Crippen LogP contribution in [0.5, 0.6) is 0 Å². The molecule has 0 spiro atoms. The molecule has 4 heteroatoms. The standard InChI is InChI=1S/C15H19N3O/c1-15(6-8-19-9-7-15)18-14-5-2-11-10-12(16)3-4-13(11)17-14/h2-5,10H,6-9,16H2,1H3,(H,17,18). The van der Waals surface area contributed by atoms with Crippen molar-refractivity contribution in [3.05, 3.63) is 30.3 Å². The molecule has 100 valence electrons. The van der Waals surface area contributed by atoms with Gasteiger partial charge in [0.15, 0.2) is 0 Å². The van der Waals surface area contributed by atoms with Crippen molar-refractivity contribution in [3.8, 4) is 0 Å². The first-order chi connectivity index (χ1) is 9.15. The molecule has 19 heavy (non-hydrogen) atoms. The van der Waals surface area contributed by atoms with Gasteiger partial charge in [0, 0.05) is 29.8 Å². The summed E-state index contributed by atoms with van der Waals surface area (Å²) in [4.78, 5) is 4.65. The van der Waals surface area contributed by atoms with Gasteiger partial charge in [-0.2, -0.15) is 0 Å². The van der Waals surface area contributed by atoms with Crippen LogP contribution in [-0.4, -0.2) is 23.7 Å². The molecule has 3 rings (SSSR count). The second kappa shape index (κ2) is 4.70. The van der Waals surface area contributed by atoms with E-state index in [0.717, 1.165) is 48.5 Å². The lowest BCUT2D eigenvalue weighted by molar-refractivity contribution is 0.0657. The third kappa shape index (κ3) is 2.63. The molecule has 0 radical (unpaired) electrons. The number of anilines is 2. The third-order valence-electron chi connectivity index (χ3n) is 3.74. The lowest BCUT2D eigenvalue weighted by Crippen LogP contribution is -2.40. The van der Waals surface area contributed by atoms with E-state index in [-0.39, 0.29) is 5.54 Å². The number of nitrogen functional groups attached to an aromatic ring is 1. The Labute approximate surface area is 113 Å². The van der Waals surface area contributed by atoms with Gasteiger partial charge in [-0.3, -0.25) is 0 Å². The number of hydrogen-bond donors (Lipinski definition) is 2. The zero-order valence-corrected chi connectivity index (χ0v) is 11.1. The molecular formula is C15H19N3O. The molecule has 0 unspecified atom stereocenters. The van der Waals surface area contributed by atoms with E-state index in [9.17, 15) is 0 Å². The van der Waals surface area contributed by atoms with Crippen LogP contribution in [0.2, 0.25) is 0 Å². The minimum atomic E-state index is 0.0761. The summed E-state index contributed by atoms with van der Waals surface area (Å²) in [6, 6.07) is 9.87. The maximum absolute atomic E-state index is 5.78. The Morgan fingerprint density at radius 2 is 2.00 bits per heavy atom. The van der Waals surface area contributed by atoms with Gasteiger partial charge in [-0.05, 0) is 50.1 Å². The summed E-state index contributed by atoms with van der Waals surface area (Å²) >= 11 is 0. The number of benzene rings is 1. The molecule has 3 N–H and O–H groups in total. The molecule has 0 bridgehead atoms. The molecule has 1 aliphatic rings. The first-order valence-corrected chi connectivity index (χ1v) is 6.67. The van der Waals surface area contributed by atoms with Gasteiger partial charge in [0.25, 0.3) is 0 Å². The molecule has 4 nitrogen and oxygen atoms in total. The quantitative estimate of drug-likeness (QED) is 0.812. The summed E-state index contributed by atoms with van der Waals surface area (Å²) in [6.45, 7) is 3.85. The van der Waals surface area contributed by atoms with Crippen LogP contribution in [-0.2, 0) is 4.74 Å². The topological polar surface area (TPSA) is 60.2 Å². The van der Waals surface area contributed by atoms with Gasteiger partial charge < -0.3 is 15.8 Å². The summed E-state index contributed by atoms with van der Waals surface area (Å²) in [5.74, 6) is 0.918. The van der Waals surface area contributed by atoms with Gasteiger partial charge in [0.2, 0.25) is 0 Å². The molecule has 0 aliphatic carbocycles. The van der Waals surface area contributed by atoms with Crippen LogP contribution >= 0.6 is 0 Å². The Kier molecular flexibility index (Phi) is 3.03. The van der Waals surface area contributed by atoms with E-state index in [2.05, 4.69) is 23.3 Å². The van der Waals surface area contributed by atoms with E-state index < -0.39 is 0 Å². The Bertz CT molecular complexity index is 591. The van der Waals surface area contributed by atoms with Crippen LogP contribution in [0.15, 0.2) is 30.3 Å². The average molecular weight is 257 g/mol. The van der Waals surface area contributed by atoms with Gasteiger partial charge in [-0.25, -0.2) is 4.98 Å². The highest BCUT2D eigenvalue weighted by atomic mass is 16.5. The lowest BCUT2D eigenvalue weighted by atomic mass is 9.92. The number of fused-ring (bicyclic) bond motifs is 1. The van der Waals surface area contributed by atoms with Crippen molar-refractivity contribution in [2.45, 2.75) is 25.3 Å². The van der Waals surface area contributed by atoms with Crippen molar-refractivity contribution in [1.82, 2.24) is 4.98 Å². The number of ether oxygens (including phenoxy) is 1. The predicted octanol–water partition coefficient (Wildman–Crippen LogP) is 2.80. The minimum Gasteiger partial charge on any atom is -0.399 e. The lowest BCUT2D eigenvalue weighted by Gasteiger charge is -2.35. The molecule has 2 heterocycles. The number of pyridine rings is 1. The van der Waals surface area contributed by atoms with E-state index in [1.807, 2.05) is 24.3 Å². The fourth-order valence-electron chi connectivity index (χ4n) is 2.47. The van der Waals surface area contributed by atoms with Gasteiger partial charge in [0.05, 0.1) is 5.52 Å². The van der Waals surface area contributed by atoms with Crippen molar-refractivity contribution in [2.75, 3.05) is 24.3 Å². The van der Waals surface area contributed by atoms with Crippen molar-refractivity contribution < 1.29 is 4.74 Å². The molecule has 1 fully saturated rings. The van der Waals surface area contributed by atoms with Crippen LogP contribution in [0.3, 0.4) is 0 Å². The second-order valence-electron chi connectivity index (χ2n) is 5.45. The summed E-state index contributed by atoms with van der Waals surface area (Å²) in [6.07, 6.45) is 2.02. The zero-order chi connectivity index (χ0) is 13.3. The number of hydrogen-bond acceptors (Lipinski definition) is 4. The van der Waals surface area contributed by atoms with Gasteiger partial charge in [-0.1, -0.05) is 0 Å². The molecule has 2 aromatic rings. The smallest absolute Gasteiger partial charge is 0.127 e. The second-order valence-corrected chi connectivity index (χ2v) is 5.45. The van der Waals surface area contributed by atoms with Crippen LogP contribution in [0.4, 0.5) is 11.5 Å². The first-order valence-electron chi connectivity index (χ1n) is 6.67. The molecule has 1 aromatic carbocycles. The molecular weight excluding hydrogens is 238 g/mol. The molecule has 0 saturated carbocycles. The van der Waals surface area contributed by atoms with Crippen molar-refractivity contribution in [3.63, 3.8) is 0 Å². The highest BCUT2D eigenvalue weighted by molar-refractivity contribution is 5.83. The first kappa shape index (κ1) is 12.2. The fourth-order valence-corrected chi connectivity index (χ4v) is 2.47. The summed E-state index contributed by atoms with van der Waals surface area (Å²) in [7, 11) is 0. The third-order valence-corrected chi connectivity index (χ3v) is 3.74. The highest BCUT2D eigenvalue weighted by Gasteiger charge is 2.27. The molecule has 1 saturated heterocycles. The number of nitrogens with zero attached hydrogens (tertiary/aromatic N) is 1. The maximum atomic E-state index is 5.78. The molecule has 0 atom stereocenters. The largest absolute Gasteiger partial charge is 0.399 e. The van der Waals surface area contributed by atoms with E-state index in [4.69, 9.17) is 10.5 Å². The number of rotatable bonds is 2.